The maximum absolute atomic E-state index is 12.3. The number of hydrogen-bond donors (Lipinski definition) is 1. The predicted octanol–water partition coefficient (Wildman–Crippen LogP) is 2.87. The summed E-state index contributed by atoms with van der Waals surface area (Å²) in [6.45, 7) is 4.02. The number of methoxy groups -OCH3 is 1. The van der Waals surface area contributed by atoms with E-state index in [-0.39, 0.29) is 25.0 Å². The largest absolute Gasteiger partial charge is 0.495 e. The number of ether oxygens (including phenoxy) is 2. The first-order valence-electron chi connectivity index (χ1n) is 8.43. The van der Waals surface area contributed by atoms with Crippen LogP contribution in [0.4, 0.5) is 5.69 Å². The van der Waals surface area contributed by atoms with Gasteiger partial charge < -0.3 is 19.7 Å². The van der Waals surface area contributed by atoms with E-state index in [1.807, 2.05) is 38.1 Å². The SMILES string of the molecule is CCN(CC(=O)Nc1ccccc1OC)C(=O)COc1cccc(C)c1. The minimum absolute atomic E-state index is 0.0510. The number of benzene rings is 2. The van der Waals surface area contributed by atoms with Crippen molar-refractivity contribution in [1.82, 2.24) is 4.90 Å². The Bertz CT molecular complexity index is 761. The van der Waals surface area contributed by atoms with Gasteiger partial charge in [0.25, 0.3) is 5.91 Å². The number of likely N-dealkylation sites (N-methyl/N-ethyl adjacent to an activating group) is 1. The standard InChI is InChI=1S/C20H24N2O4/c1-4-22(20(24)14-26-16-9-7-8-15(2)12-16)13-19(23)21-17-10-5-6-11-18(17)25-3/h5-12H,4,13-14H2,1-3H3,(H,21,23). The molecule has 0 aliphatic carbocycles. The van der Waals surface area contributed by atoms with Crippen LogP contribution in [0.15, 0.2) is 48.5 Å². The summed E-state index contributed by atoms with van der Waals surface area (Å²) in [5.41, 5.74) is 1.62. The van der Waals surface area contributed by atoms with E-state index in [9.17, 15) is 9.59 Å². The number of aryl methyl sites for hydroxylation is 1. The summed E-state index contributed by atoms with van der Waals surface area (Å²) in [5, 5.41) is 2.76. The molecule has 0 saturated carbocycles. The van der Waals surface area contributed by atoms with Crippen LogP contribution >= 0.6 is 0 Å². The van der Waals surface area contributed by atoms with Gasteiger partial charge in [0.05, 0.1) is 19.3 Å². The minimum atomic E-state index is -0.291. The molecule has 2 aromatic rings. The smallest absolute Gasteiger partial charge is 0.260 e. The molecule has 0 spiro atoms. The summed E-state index contributed by atoms with van der Waals surface area (Å²) in [7, 11) is 1.54. The highest BCUT2D eigenvalue weighted by atomic mass is 16.5. The van der Waals surface area contributed by atoms with E-state index in [0.717, 1.165) is 5.56 Å². The van der Waals surface area contributed by atoms with Gasteiger partial charge in [-0.3, -0.25) is 9.59 Å². The van der Waals surface area contributed by atoms with E-state index in [2.05, 4.69) is 5.32 Å². The molecule has 2 aromatic carbocycles. The molecule has 0 atom stereocenters. The van der Waals surface area contributed by atoms with Crippen LogP contribution < -0.4 is 14.8 Å². The molecule has 2 rings (SSSR count). The number of nitrogens with one attached hydrogen (secondary N) is 1. The van der Waals surface area contributed by atoms with Gasteiger partial charge in [-0.1, -0.05) is 24.3 Å². The lowest BCUT2D eigenvalue weighted by atomic mass is 10.2. The second kappa shape index (κ2) is 9.46. The molecule has 0 saturated heterocycles. The van der Waals surface area contributed by atoms with Gasteiger partial charge in [0.15, 0.2) is 6.61 Å². The summed E-state index contributed by atoms with van der Waals surface area (Å²) < 4.78 is 10.7. The lowest BCUT2D eigenvalue weighted by Gasteiger charge is -2.21. The first-order valence-corrected chi connectivity index (χ1v) is 8.43. The molecular weight excluding hydrogens is 332 g/mol. The van der Waals surface area contributed by atoms with Crippen LogP contribution in [0.5, 0.6) is 11.5 Å². The molecule has 2 amide bonds. The highest BCUT2D eigenvalue weighted by molar-refractivity contribution is 5.95. The van der Waals surface area contributed by atoms with Crippen molar-refractivity contribution in [1.29, 1.82) is 0 Å². The van der Waals surface area contributed by atoms with Crippen LogP contribution in [0, 0.1) is 6.92 Å². The summed E-state index contributed by atoms with van der Waals surface area (Å²) in [5.74, 6) is 0.662. The topological polar surface area (TPSA) is 67.9 Å². The Hall–Kier alpha value is -3.02. The van der Waals surface area contributed by atoms with Gasteiger partial charge in [0, 0.05) is 6.54 Å². The number of para-hydroxylation sites is 2. The van der Waals surface area contributed by atoms with Crippen molar-refractivity contribution in [3.63, 3.8) is 0 Å². The van der Waals surface area contributed by atoms with Crippen molar-refractivity contribution in [2.24, 2.45) is 0 Å². The Morgan fingerprint density at radius 3 is 2.58 bits per heavy atom. The average molecular weight is 356 g/mol. The van der Waals surface area contributed by atoms with Crippen LogP contribution in [0.2, 0.25) is 0 Å². The molecule has 6 heteroatoms. The molecule has 0 unspecified atom stereocenters. The van der Waals surface area contributed by atoms with Gasteiger partial charge in [-0.2, -0.15) is 0 Å². The highest BCUT2D eigenvalue weighted by Crippen LogP contribution is 2.22. The lowest BCUT2D eigenvalue weighted by Crippen LogP contribution is -2.40. The molecular formula is C20H24N2O4. The van der Waals surface area contributed by atoms with E-state index in [1.165, 1.54) is 12.0 Å². The first kappa shape index (κ1) is 19.3. The van der Waals surface area contributed by atoms with Gasteiger partial charge >= 0.3 is 0 Å². The van der Waals surface area contributed by atoms with E-state index in [0.29, 0.717) is 23.7 Å². The van der Waals surface area contributed by atoms with Gasteiger partial charge in [-0.05, 0) is 43.7 Å². The van der Waals surface area contributed by atoms with E-state index < -0.39 is 0 Å². The van der Waals surface area contributed by atoms with Crippen LogP contribution in [-0.4, -0.2) is 43.5 Å². The Labute approximate surface area is 153 Å². The Morgan fingerprint density at radius 1 is 1.12 bits per heavy atom. The quantitative estimate of drug-likeness (QED) is 0.790. The first-order chi connectivity index (χ1) is 12.5. The molecule has 0 aromatic heterocycles. The summed E-state index contributed by atoms with van der Waals surface area (Å²) >= 11 is 0. The van der Waals surface area contributed by atoms with Crippen molar-refractivity contribution < 1.29 is 19.1 Å². The van der Waals surface area contributed by atoms with E-state index in [4.69, 9.17) is 9.47 Å². The van der Waals surface area contributed by atoms with E-state index in [1.54, 1.807) is 24.3 Å². The zero-order valence-electron chi connectivity index (χ0n) is 15.3. The predicted molar refractivity (Wildman–Crippen MR) is 101 cm³/mol. The molecule has 6 nitrogen and oxygen atoms in total. The zero-order chi connectivity index (χ0) is 18.9. The Morgan fingerprint density at radius 2 is 1.88 bits per heavy atom. The molecule has 26 heavy (non-hydrogen) atoms. The van der Waals surface area contributed by atoms with Gasteiger partial charge in [-0.15, -0.1) is 0 Å². The fourth-order valence-electron chi connectivity index (χ4n) is 2.43. The molecule has 138 valence electrons. The number of amides is 2. The molecule has 0 radical (unpaired) electrons. The van der Waals surface area contributed by atoms with Crippen molar-refractivity contribution in [2.45, 2.75) is 13.8 Å². The second-order valence-electron chi connectivity index (χ2n) is 5.76. The number of hydrogen-bond acceptors (Lipinski definition) is 4. The molecule has 0 heterocycles. The maximum atomic E-state index is 12.3. The van der Waals surface area contributed by atoms with Gasteiger partial charge in [0.1, 0.15) is 11.5 Å². The number of rotatable bonds is 8. The second-order valence-corrected chi connectivity index (χ2v) is 5.76. The van der Waals surface area contributed by atoms with Crippen molar-refractivity contribution >= 4 is 17.5 Å². The van der Waals surface area contributed by atoms with Crippen molar-refractivity contribution in [3.05, 3.63) is 54.1 Å². The van der Waals surface area contributed by atoms with Crippen LogP contribution in [0.1, 0.15) is 12.5 Å². The molecule has 0 fully saturated rings. The third-order valence-electron chi connectivity index (χ3n) is 3.80. The molecule has 1 N–H and O–H groups in total. The molecule has 0 bridgehead atoms. The fourth-order valence-corrected chi connectivity index (χ4v) is 2.43. The fraction of sp³-hybridized carbons (Fsp3) is 0.300. The third kappa shape index (κ3) is 5.51. The highest BCUT2D eigenvalue weighted by Gasteiger charge is 2.17. The third-order valence-corrected chi connectivity index (χ3v) is 3.80. The van der Waals surface area contributed by atoms with E-state index >= 15 is 0 Å². The monoisotopic (exact) mass is 356 g/mol. The summed E-state index contributed by atoms with van der Waals surface area (Å²) in [4.78, 5) is 26.1. The molecule has 0 aliphatic rings. The van der Waals surface area contributed by atoms with Gasteiger partial charge in [-0.25, -0.2) is 0 Å². The van der Waals surface area contributed by atoms with Crippen molar-refractivity contribution in [3.8, 4) is 11.5 Å². The summed E-state index contributed by atoms with van der Waals surface area (Å²) in [6.07, 6.45) is 0. The Kier molecular flexibility index (Phi) is 7.02. The van der Waals surface area contributed by atoms with Crippen LogP contribution in [-0.2, 0) is 9.59 Å². The van der Waals surface area contributed by atoms with Crippen LogP contribution in [0.25, 0.3) is 0 Å². The Balaban J connectivity index is 1.90. The number of carbonyl (C=O) groups is 2. The normalized spacial score (nSPS) is 10.1. The summed E-state index contributed by atoms with van der Waals surface area (Å²) in [6, 6.07) is 14.6. The lowest BCUT2D eigenvalue weighted by molar-refractivity contribution is -0.136. The number of anilines is 1. The zero-order valence-corrected chi connectivity index (χ0v) is 15.3. The minimum Gasteiger partial charge on any atom is -0.495 e. The average Bonchev–Trinajstić information content (AvgIpc) is 2.64. The van der Waals surface area contributed by atoms with Crippen LogP contribution in [0.3, 0.4) is 0 Å². The molecule has 0 aliphatic heterocycles. The van der Waals surface area contributed by atoms with Gasteiger partial charge in [0.2, 0.25) is 5.91 Å². The maximum Gasteiger partial charge on any atom is 0.260 e. The number of carbonyl (C=O) groups excluding carboxylic acids is 2. The van der Waals surface area contributed by atoms with Crippen molar-refractivity contribution in [2.75, 3.05) is 32.1 Å². The number of nitrogens with zero attached hydrogens (tertiary/aromatic N) is 1.